The smallest absolute Gasteiger partial charge is 0.337 e. The molecule has 0 aliphatic heterocycles. The summed E-state index contributed by atoms with van der Waals surface area (Å²) in [5.41, 5.74) is 0.201. The number of hydrogen-bond acceptors (Lipinski definition) is 8. The third-order valence-corrected chi connectivity index (χ3v) is 8.55. The Labute approximate surface area is 209 Å². The van der Waals surface area contributed by atoms with Gasteiger partial charge in [0.25, 0.3) is 0 Å². The van der Waals surface area contributed by atoms with Crippen LogP contribution in [0.15, 0.2) is 12.3 Å². The van der Waals surface area contributed by atoms with Gasteiger partial charge in [-0.05, 0) is 61.2 Å². The second-order valence-electron chi connectivity index (χ2n) is 9.87. The SMILES string of the molecule is CCOC(=O)C(O)C1(O)CCC(c2cc(NCOCC[Si](C)(C)C)n3ncc(I)c3n2)CC1. The van der Waals surface area contributed by atoms with Gasteiger partial charge in [0.2, 0.25) is 0 Å². The van der Waals surface area contributed by atoms with E-state index >= 15 is 0 Å². The van der Waals surface area contributed by atoms with Crippen molar-refractivity contribution in [1.82, 2.24) is 14.6 Å². The van der Waals surface area contributed by atoms with Gasteiger partial charge >= 0.3 is 5.97 Å². The van der Waals surface area contributed by atoms with Gasteiger partial charge in [0.15, 0.2) is 11.8 Å². The quantitative estimate of drug-likeness (QED) is 0.127. The summed E-state index contributed by atoms with van der Waals surface area (Å²) in [6.45, 7) is 9.93. The molecule has 1 fully saturated rings. The van der Waals surface area contributed by atoms with Gasteiger partial charge in [-0.15, -0.1) is 0 Å². The number of esters is 1. The van der Waals surface area contributed by atoms with Crippen molar-refractivity contribution in [3.05, 3.63) is 21.5 Å². The zero-order valence-corrected chi connectivity index (χ0v) is 23.0. The molecule has 1 aliphatic rings. The zero-order chi connectivity index (χ0) is 24.2. The highest BCUT2D eigenvalue weighted by Crippen LogP contribution is 2.40. The molecular formula is C22H35IN4O5Si. The van der Waals surface area contributed by atoms with E-state index in [0.29, 0.717) is 32.4 Å². The van der Waals surface area contributed by atoms with E-state index < -0.39 is 25.7 Å². The first-order valence-electron chi connectivity index (χ1n) is 11.5. The van der Waals surface area contributed by atoms with Crippen LogP contribution in [0.25, 0.3) is 5.65 Å². The molecule has 0 saturated heterocycles. The topological polar surface area (TPSA) is 118 Å². The number of rotatable bonds is 10. The highest BCUT2D eigenvalue weighted by molar-refractivity contribution is 14.1. The lowest BCUT2D eigenvalue weighted by atomic mass is 9.75. The number of nitrogens with zero attached hydrogens (tertiary/aromatic N) is 3. The zero-order valence-electron chi connectivity index (χ0n) is 19.8. The second kappa shape index (κ2) is 11.0. The maximum atomic E-state index is 11.9. The number of fused-ring (bicyclic) bond motifs is 1. The number of ether oxygens (including phenoxy) is 2. The lowest BCUT2D eigenvalue weighted by Gasteiger charge is -2.38. The van der Waals surface area contributed by atoms with Crippen molar-refractivity contribution in [2.75, 3.05) is 25.3 Å². The maximum absolute atomic E-state index is 11.9. The first kappa shape index (κ1) is 26.3. The number of aliphatic hydroxyl groups excluding tert-OH is 1. The normalized spacial score (nSPS) is 22.3. The third-order valence-electron chi connectivity index (χ3n) is 6.09. The van der Waals surface area contributed by atoms with E-state index in [1.807, 2.05) is 6.07 Å². The lowest BCUT2D eigenvalue weighted by Crippen LogP contribution is -2.49. The van der Waals surface area contributed by atoms with Crippen LogP contribution in [0, 0.1) is 3.57 Å². The molecule has 184 valence electrons. The van der Waals surface area contributed by atoms with Crippen LogP contribution in [0.2, 0.25) is 25.7 Å². The van der Waals surface area contributed by atoms with Crippen LogP contribution < -0.4 is 5.32 Å². The van der Waals surface area contributed by atoms with E-state index in [4.69, 9.17) is 14.5 Å². The molecule has 0 spiro atoms. The first-order valence-corrected chi connectivity index (χ1v) is 16.3. The number of nitrogens with one attached hydrogen (secondary N) is 1. The molecule has 0 aromatic carbocycles. The van der Waals surface area contributed by atoms with Gasteiger partial charge in [-0.25, -0.2) is 9.78 Å². The van der Waals surface area contributed by atoms with Gasteiger partial charge < -0.3 is 25.0 Å². The van der Waals surface area contributed by atoms with Crippen molar-refractivity contribution in [3.63, 3.8) is 0 Å². The van der Waals surface area contributed by atoms with E-state index in [1.54, 1.807) is 17.6 Å². The molecular weight excluding hydrogens is 555 g/mol. The molecule has 0 bridgehead atoms. The molecule has 33 heavy (non-hydrogen) atoms. The Kier molecular flexibility index (Phi) is 8.75. The summed E-state index contributed by atoms with van der Waals surface area (Å²) < 4.78 is 13.4. The summed E-state index contributed by atoms with van der Waals surface area (Å²) in [4.78, 5) is 16.8. The van der Waals surface area contributed by atoms with Gasteiger partial charge in [-0.2, -0.15) is 9.61 Å². The molecule has 2 heterocycles. The van der Waals surface area contributed by atoms with Crippen molar-refractivity contribution < 1.29 is 24.5 Å². The van der Waals surface area contributed by atoms with Crippen LogP contribution in [-0.2, 0) is 14.3 Å². The van der Waals surface area contributed by atoms with Crippen molar-refractivity contribution in [3.8, 4) is 0 Å². The summed E-state index contributed by atoms with van der Waals surface area (Å²) in [5.74, 6) is 0.134. The van der Waals surface area contributed by atoms with Crippen LogP contribution in [0.1, 0.15) is 44.2 Å². The van der Waals surface area contributed by atoms with Crippen molar-refractivity contribution in [1.29, 1.82) is 0 Å². The van der Waals surface area contributed by atoms with Crippen molar-refractivity contribution in [2.24, 2.45) is 0 Å². The molecule has 1 saturated carbocycles. The summed E-state index contributed by atoms with van der Waals surface area (Å²) in [6.07, 6.45) is 2.04. The Morgan fingerprint density at radius 1 is 1.39 bits per heavy atom. The van der Waals surface area contributed by atoms with Crippen LogP contribution >= 0.6 is 22.6 Å². The van der Waals surface area contributed by atoms with E-state index in [1.165, 1.54) is 0 Å². The van der Waals surface area contributed by atoms with Gasteiger partial charge in [-0.3, -0.25) is 0 Å². The molecule has 0 amide bonds. The number of aliphatic hydroxyl groups is 2. The fourth-order valence-corrected chi connectivity index (χ4v) is 5.22. The molecule has 1 atom stereocenters. The van der Waals surface area contributed by atoms with E-state index in [-0.39, 0.29) is 12.5 Å². The van der Waals surface area contributed by atoms with Gasteiger partial charge in [0.05, 0.1) is 16.4 Å². The predicted molar refractivity (Wildman–Crippen MR) is 137 cm³/mol. The number of carbonyl (C=O) groups is 1. The van der Waals surface area contributed by atoms with E-state index in [2.05, 4.69) is 52.6 Å². The molecule has 2 aromatic heterocycles. The van der Waals surface area contributed by atoms with Crippen LogP contribution in [0.4, 0.5) is 5.82 Å². The molecule has 3 N–H and O–H groups in total. The van der Waals surface area contributed by atoms with Gasteiger partial charge in [0.1, 0.15) is 18.1 Å². The standard InChI is InChI=1S/C22H35IN4O5Si/c1-5-32-21(29)19(28)22(30)8-6-15(7-9-22)17-12-18(24-14-31-10-11-33(2,3)4)27-20(26-17)16(23)13-25-27/h12-13,15,19,24,28,30H,5-11,14H2,1-4H3. The van der Waals surface area contributed by atoms with Gasteiger partial charge in [0, 0.05) is 32.4 Å². The minimum Gasteiger partial charge on any atom is -0.464 e. The van der Waals surface area contributed by atoms with Gasteiger partial charge in [-0.1, -0.05) is 19.6 Å². The number of halogens is 1. The average Bonchev–Trinajstić information content (AvgIpc) is 3.13. The number of hydrogen-bond donors (Lipinski definition) is 3. The summed E-state index contributed by atoms with van der Waals surface area (Å²) in [7, 11) is -1.14. The van der Waals surface area contributed by atoms with E-state index in [9.17, 15) is 15.0 Å². The minimum atomic E-state index is -1.53. The minimum absolute atomic E-state index is 0.101. The largest absolute Gasteiger partial charge is 0.464 e. The molecule has 11 heteroatoms. The highest BCUT2D eigenvalue weighted by Gasteiger charge is 2.44. The Bertz CT molecular complexity index is 956. The van der Waals surface area contributed by atoms with E-state index in [0.717, 1.165) is 33.4 Å². The monoisotopic (exact) mass is 590 g/mol. The van der Waals surface area contributed by atoms with Crippen LogP contribution in [0.3, 0.4) is 0 Å². The first-order chi connectivity index (χ1) is 15.5. The molecule has 1 aliphatic carbocycles. The number of aromatic nitrogens is 3. The van der Waals surface area contributed by atoms with Crippen LogP contribution in [-0.4, -0.2) is 70.5 Å². The third kappa shape index (κ3) is 6.65. The molecule has 3 rings (SSSR count). The molecule has 0 radical (unpaired) electrons. The van der Waals surface area contributed by atoms with Crippen molar-refractivity contribution in [2.45, 2.75) is 75.9 Å². The summed E-state index contributed by atoms with van der Waals surface area (Å²) >= 11 is 2.22. The average molecular weight is 591 g/mol. The Hall–Kier alpha value is -1.28. The van der Waals surface area contributed by atoms with Crippen molar-refractivity contribution >= 4 is 48.1 Å². The Morgan fingerprint density at radius 2 is 2.09 bits per heavy atom. The summed E-state index contributed by atoms with van der Waals surface area (Å²) in [6, 6.07) is 3.09. The highest BCUT2D eigenvalue weighted by atomic mass is 127. The lowest BCUT2D eigenvalue weighted by molar-refractivity contribution is -0.173. The molecule has 9 nitrogen and oxygen atoms in total. The Morgan fingerprint density at radius 3 is 2.73 bits per heavy atom. The van der Waals surface area contributed by atoms with Crippen LogP contribution in [0.5, 0.6) is 0 Å². The maximum Gasteiger partial charge on any atom is 0.337 e. The second-order valence-corrected chi connectivity index (χ2v) is 16.7. The molecule has 2 aromatic rings. The summed E-state index contributed by atoms with van der Waals surface area (Å²) in [5, 5.41) is 28.9. The fraction of sp³-hybridized carbons (Fsp3) is 0.682. The predicted octanol–water partition coefficient (Wildman–Crippen LogP) is 3.37. The Balaban J connectivity index is 1.70. The number of carbonyl (C=O) groups excluding carboxylic acids is 1. The molecule has 1 unspecified atom stereocenters. The number of anilines is 1. The fourth-order valence-electron chi connectivity index (χ4n) is 3.99.